The third-order valence-electron chi connectivity index (χ3n) is 4.07. The van der Waals surface area contributed by atoms with E-state index in [9.17, 15) is 4.79 Å². The summed E-state index contributed by atoms with van der Waals surface area (Å²) in [5.41, 5.74) is 0.558. The largest absolute Gasteiger partial charge is 0.394 e. The Hall–Kier alpha value is -0.880. The number of hydrogen-bond acceptors (Lipinski definition) is 4. The predicted molar refractivity (Wildman–Crippen MR) is 82.9 cm³/mol. The van der Waals surface area contributed by atoms with Gasteiger partial charge in [-0.1, -0.05) is 26.2 Å². The fourth-order valence-electron chi connectivity index (χ4n) is 2.91. The van der Waals surface area contributed by atoms with E-state index in [1.807, 2.05) is 0 Å². The normalized spacial score (nSPS) is 22.8. The summed E-state index contributed by atoms with van der Waals surface area (Å²) in [4.78, 5) is 12.1. The van der Waals surface area contributed by atoms with Crippen LogP contribution in [0.5, 0.6) is 0 Å². The number of nitrogens with one attached hydrogen (secondary N) is 1. The number of halogens is 1. The maximum Gasteiger partial charge on any atom is 0.283 e. The third kappa shape index (κ3) is 3.41. The minimum atomic E-state index is -0.201. The molecule has 2 N–H and O–H groups in total. The van der Waals surface area contributed by atoms with Gasteiger partial charge >= 0.3 is 0 Å². The van der Waals surface area contributed by atoms with Crippen molar-refractivity contribution in [2.45, 2.75) is 51.6 Å². The Morgan fingerprint density at radius 1 is 1.50 bits per heavy atom. The molecule has 0 amide bonds. The Morgan fingerprint density at radius 2 is 2.25 bits per heavy atom. The molecule has 5 nitrogen and oxygen atoms in total. The molecule has 0 bridgehead atoms. The summed E-state index contributed by atoms with van der Waals surface area (Å²) in [7, 11) is 0. The van der Waals surface area contributed by atoms with Crippen molar-refractivity contribution in [1.82, 2.24) is 9.78 Å². The van der Waals surface area contributed by atoms with Crippen molar-refractivity contribution in [2.75, 3.05) is 11.9 Å². The van der Waals surface area contributed by atoms with Crippen LogP contribution in [0.2, 0.25) is 0 Å². The van der Waals surface area contributed by atoms with E-state index >= 15 is 0 Å². The van der Waals surface area contributed by atoms with E-state index in [4.69, 9.17) is 5.11 Å². The number of hydrogen-bond donors (Lipinski definition) is 2. The van der Waals surface area contributed by atoms with Gasteiger partial charge in [0.15, 0.2) is 0 Å². The van der Waals surface area contributed by atoms with Gasteiger partial charge in [0, 0.05) is 6.04 Å². The molecule has 1 fully saturated rings. The van der Waals surface area contributed by atoms with Crippen LogP contribution < -0.4 is 10.9 Å². The molecule has 6 heteroatoms. The lowest BCUT2D eigenvalue weighted by Gasteiger charge is -2.32. The Bertz CT molecular complexity index is 504. The van der Waals surface area contributed by atoms with Gasteiger partial charge in [0.05, 0.1) is 25.0 Å². The van der Waals surface area contributed by atoms with Gasteiger partial charge in [-0.3, -0.25) is 4.79 Å². The molecule has 0 aromatic carbocycles. The van der Waals surface area contributed by atoms with Crippen LogP contribution in [0.3, 0.4) is 0 Å². The number of nitrogens with zero attached hydrogens (tertiary/aromatic N) is 2. The Labute approximate surface area is 127 Å². The summed E-state index contributed by atoms with van der Waals surface area (Å²) in [6, 6.07) is 0.417. The molecule has 1 saturated carbocycles. The van der Waals surface area contributed by atoms with Crippen molar-refractivity contribution in [3.8, 4) is 0 Å². The van der Waals surface area contributed by atoms with Gasteiger partial charge in [-0.2, -0.15) is 5.10 Å². The van der Waals surface area contributed by atoms with Crippen molar-refractivity contribution in [1.29, 1.82) is 0 Å². The molecular formula is C14H22BrN3O2. The highest BCUT2D eigenvalue weighted by molar-refractivity contribution is 9.10. The van der Waals surface area contributed by atoms with E-state index in [0.29, 0.717) is 16.4 Å². The number of aromatic nitrogens is 2. The van der Waals surface area contributed by atoms with Crippen molar-refractivity contribution >= 4 is 21.6 Å². The lowest BCUT2D eigenvalue weighted by atomic mass is 9.83. The summed E-state index contributed by atoms with van der Waals surface area (Å²) in [5, 5.41) is 16.5. The molecule has 2 atom stereocenters. The third-order valence-corrected chi connectivity index (χ3v) is 4.84. The maximum absolute atomic E-state index is 12.1. The van der Waals surface area contributed by atoms with Gasteiger partial charge in [0.25, 0.3) is 5.56 Å². The Morgan fingerprint density at radius 3 is 2.95 bits per heavy atom. The van der Waals surface area contributed by atoms with Gasteiger partial charge in [-0.05, 0) is 34.7 Å². The summed E-state index contributed by atoms with van der Waals surface area (Å²) >= 11 is 3.35. The molecule has 20 heavy (non-hydrogen) atoms. The van der Waals surface area contributed by atoms with Crippen molar-refractivity contribution < 1.29 is 5.11 Å². The Kier molecular flexibility index (Phi) is 5.60. The van der Waals surface area contributed by atoms with E-state index in [1.54, 1.807) is 6.20 Å². The SMILES string of the molecule is CCC1CCCCC1Nc1cnn(CCO)c(=O)c1Br. The van der Waals surface area contributed by atoms with E-state index in [0.717, 1.165) is 18.5 Å². The summed E-state index contributed by atoms with van der Waals surface area (Å²) in [5.74, 6) is 0.663. The monoisotopic (exact) mass is 343 g/mol. The second-order valence-corrected chi connectivity index (χ2v) is 6.12. The molecule has 1 heterocycles. The molecule has 112 valence electrons. The Balaban J connectivity index is 2.17. The lowest BCUT2D eigenvalue weighted by molar-refractivity contribution is 0.266. The maximum atomic E-state index is 12.1. The molecule has 1 aromatic rings. The molecule has 0 aliphatic heterocycles. The topological polar surface area (TPSA) is 67.2 Å². The number of aliphatic hydroxyl groups is 1. The zero-order valence-corrected chi connectivity index (χ0v) is 13.4. The van der Waals surface area contributed by atoms with Crippen LogP contribution in [-0.4, -0.2) is 27.5 Å². The van der Waals surface area contributed by atoms with Gasteiger partial charge in [-0.25, -0.2) is 4.68 Å². The first-order valence-electron chi connectivity index (χ1n) is 7.30. The van der Waals surface area contributed by atoms with Crippen LogP contribution in [0, 0.1) is 5.92 Å². The molecule has 2 rings (SSSR count). The van der Waals surface area contributed by atoms with Crippen LogP contribution >= 0.6 is 15.9 Å². The molecule has 1 aromatic heterocycles. The fourth-order valence-corrected chi connectivity index (χ4v) is 3.33. The summed E-state index contributed by atoms with van der Waals surface area (Å²) in [6.07, 6.45) is 7.76. The van der Waals surface area contributed by atoms with Crippen LogP contribution in [0.1, 0.15) is 39.0 Å². The predicted octanol–water partition coefficient (Wildman–Crippen LogP) is 2.38. The molecule has 2 unspecified atom stereocenters. The van der Waals surface area contributed by atoms with Crippen molar-refractivity contribution in [3.05, 3.63) is 21.0 Å². The second kappa shape index (κ2) is 7.22. The van der Waals surface area contributed by atoms with Crippen LogP contribution in [0.4, 0.5) is 5.69 Å². The lowest BCUT2D eigenvalue weighted by Crippen LogP contribution is -2.33. The van der Waals surface area contributed by atoms with E-state index in [-0.39, 0.29) is 18.7 Å². The standard InChI is InChI=1S/C14H22BrN3O2/c1-2-10-5-3-4-6-11(10)17-12-9-16-18(7-8-19)14(20)13(12)15/h9-11,17,19H,2-8H2,1H3. The molecule has 1 aliphatic carbocycles. The average molecular weight is 344 g/mol. The molecule has 0 saturated heterocycles. The van der Waals surface area contributed by atoms with Crippen LogP contribution in [0.15, 0.2) is 15.5 Å². The molecule has 1 aliphatic rings. The fraction of sp³-hybridized carbons (Fsp3) is 0.714. The first kappa shape index (κ1) is 15.5. The second-order valence-electron chi connectivity index (χ2n) is 5.33. The van der Waals surface area contributed by atoms with Gasteiger partial charge < -0.3 is 10.4 Å². The van der Waals surface area contributed by atoms with Gasteiger partial charge in [0.2, 0.25) is 0 Å². The van der Waals surface area contributed by atoms with Crippen molar-refractivity contribution in [2.24, 2.45) is 5.92 Å². The zero-order chi connectivity index (χ0) is 14.5. The van der Waals surface area contributed by atoms with E-state index in [2.05, 4.69) is 33.3 Å². The van der Waals surface area contributed by atoms with Crippen LogP contribution in [0.25, 0.3) is 0 Å². The van der Waals surface area contributed by atoms with Gasteiger partial charge in [0.1, 0.15) is 4.47 Å². The smallest absolute Gasteiger partial charge is 0.283 e. The number of anilines is 1. The van der Waals surface area contributed by atoms with E-state index in [1.165, 1.54) is 23.9 Å². The van der Waals surface area contributed by atoms with Gasteiger partial charge in [-0.15, -0.1) is 0 Å². The van der Waals surface area contributed by atoms with Crippen molar-refractivity contribution in [3.63, 3.8) is 0 Å². The zero-order valence-electron chi connectivity index (χ0n) is 11.8. The number of aliphatic hydroxyl groups excluding tert-OH is 1. The summed E-state index contributed by atoms with van der Waals surface area (Å²) < 4.78 is 1.77. The highest BCUT2D eigenvalue weighted by atomic mass is 79.9. The molecule has 0 spiro atoms. The molecule has 0 radical (unpaired) electrons. The summed E-state index contributed by atoms with van der Waals surface area (Å²) in [6.45, 7) is 2.35. The minimum absolute atomic E-state index is 0.0906. The quantitative estimate of drug-likeness (QED) is 0.861. The van der Waals surface area contributed by atoms with Crippen LogP contribution in [-0.2, 0) is 6.54 Å². The number of rotatable bonds is 5. The average Bonchev–Trinajstić information content (AvgIpc) is 2.47. The molecular weight excluding hydrogens is 322 g/mol. The highest BCUT2D eigenvalue weighted by Crippen LogP contribution is 2.30. The highest BCUT2D eigenvalue weighted by Gasteiger charge is 2.24. The first-order chi connectivity index (χ1) is 9.67. The first-order valence-corrected chi connectivity index (χ1v) is 8.09. The minimum Gasteiger partial charge on any atom is -0.394 e. The van der Waals surface area contributed by atoms with E-state index < -0.39 is 0 Å².